The van der Waals surface area contributed by atoms with Gasteiger partial charge in [-0.1, -0.05) is 63.8 Å². The molecule has 1 unspecified atom stereocenters. The third kappa shape index (κ3) is 7.57. The van der Waals surface area contributed by atoms with Crippen molar-refractivity contribution in [2.45, 2.75) is 90.1 Å². The monoisotopic (exact) mass is 478 g/mol. The fourth-order valence-electron chi connectivity index (χ4n) is 5.46. The highest BCUT2D eigenvalue weighted by atomic mass is 16.7. The van der Waals surface area contributed by atoms with E-state index in [-0.39, 0.29) is 25.5 Å². The van der Waals surface area contributed by atoms with E-state index in [1.165, 1.54) is 62.5 Å². The number of hydrogen-bond acceptors (Lipinski definition) is 4. The smallest absolute Gasteiger partial charge is 0.338 e. The highest BCUT2D eigenvalue weighted by Crippen LogP contribution is 2.36. The average Bonchev–Trinajstić information content (AvgIpc) is 2.89. The van der Waals surface area contributed by atoms with Gasteiger partial charge in [0.15, 0.2) is 6.79 Å². The summed E-state index contributed by atoms with van der Waals surface area (Å²) in [5.74, 6) is 3.50. The minimum Gasteiger partial charge on any atom is -0.468 e. The molecular weight excluding hydrogens is 436 g/mol. The van der Waals surface area contributed by atoms with E-state index in [0.717, 1.165) is 17.6 Å². The van der Waals surface area contributed by atoms with Gasteiger partial charge in [-0.15, -0.1) is 0 Å². The van der Waals surface area contributed by atoms with Crippen LogP contribution in [0.3, 0.4) is 0 Å². The number of carbonyl (C=O) groups excluding carboxylic acids is 1. The summed E-state index contributed by atoms with van der Waals surface area (Å²) in [7, 11) is 0. The van der Waals surface area contributed by atoms with Crippen LogP contribution in [-0.4, -0.2) is 25.5 Å². The summed E-state index contributed by atoms with van der Waals surface area (Å²) in [6.07, 6.45) is 10.0. The van der Waals surface area contributed by atoms with Crippen molar-refractivity contribution >= 4 is 5.97 Å². The van der Waals surface area contributed by atoms with Gasteiger partial charge < -0.3 is 14.2 Å². The first-order chi connectivity index (χ1) is 17.0. The fraction of sp³-hybridized carbons (Fsp3) is 0.581. The van der Waals surface area contributed by atoms with Crippen LogP contribution in [0.1, 0.15) is 105 Å². The molecule has 0 aliphatic heterocycles. The fourth-order valence-corrected chi connectivity index (χ4v) is 5.46. The number of rotatable bonds is 9. The first kappa shape index (κ1) is 25.8. The normalized spacial score (nSPS) is 25.6. The van der Waals surface area contributed by atoms with Crippen molar-refractivity contribution in [2.24, 2.45) is 11.8 Å². The Bertz CT molecular complexity index is 904. The standard InChI is InChI=1S/C31H42O4/c1-22-4-8-25(9-5-22)27-12-14-29(15-13-27)31(32)33-20-24(3)34-21-35-30-18-16-28(17-19-30)26-10-6-23(2)7-11-26/h12-19,22-26H,4-11,20-21H2,1-3H3. The van der Waals surface area contributed by atoms with Crippen LogP contribution in [0.2, 0.25) is 0 Å². The highest BCUT2D eigenvalue weighted by Gasteiger charge is 2.21. The van der Waals surface area contributed by atoms with Gasteiger partial charge in [-0.3, -0.25) is 0 Å². The molecule has 35 heavy (non-hydrogen) atoms. The van der Waals surface area contributed by atoms with Gasteiger partial charge in [-0.05, 0) is 91.7 Å². The molecule has 2 fully saturated rings. The maximum absolute atomic E-state index is 12.4. The highest BCUT2D eigenvalue weighted by molar-refractivity contribution is 5.89. The summed E-state index contributed by atoms with van der Waals surface area (Å²) in [4.78, 5) is 12.4. The van der Waals surface area contributed by atoms with Crippen LogP contribution < -0.4 is 4.74 Å². The lowest BCUT2D eigenvalue weighted by Gasteiger charge is -2.26. The Balaban J connectivity index is 1.14. The zero-order chi connectivity index (χ0) is 24.6. The van der Waals surface area contributed by atoms with Crippen molar-refractivity contribution in [3.63, 3.8) is 0 Å². The number of hydrogen-bond donors (Lipinski definition) is 0. The van der Waals surface area contributed by atoms with E-state index in [4.69, 9.17) is 14.2 Å². The Kier molecular flexibility index (Phi) is 9.25. The minimum absolute atomic E-state index is 0.133. The second kappa shape index (κ2) is 12.6. The second-order valence-corrected chi connectivity index (χ2v) is 10.9. The third-order valence-corrected chi connectivity index (χ3v) is 8.03. The van der Waals surface area contributed by atoms with E-state index >= 15 is 0 Å². The molecule has 0 saturated heterocycles. The lowest BCUT2D eigenvalue weighted by atomic mass is 9.79. The van der Waals surface area contributed by atoms with Gasteiger partial charge in [0.05, 0.1) is 11.7 Å². The number of ether oxygens (including phenoxy) is 3. The van der Waals surface area contributed by atoms with Gasteiger partial charge in [0.2, 0.25) is 0 Å². The molecule has 2 aromatic rings. The van der Waals surface area contributed by atoms with Gasteiger partial charge in [-0.2, -0.15) is 0 Å². The minimum atomic E-state index is -0.308. The molecule has 4 rings (SSSR count). The summed E-state index contributed by atoms with van der Waals surface area (Å²) in [6.45, 7) is 6.90. The van der Waals surface area contributed by atoms with Gasteiger partial charge >= 0.3 is 5.97 Å². The van der Waals surface area contributed by atoms with E-state index in [2.05, 4.69) is 38.1 Å². The van der Waals surface area contributed by atoms with Crippen LogP contribution in [-0.2, 0) is 9.47 Å². The molecule has 2 aliphatic rings. The quantitative estimate of drug-likeness (QED) is 0.272. The molecule has 0 amide bonds. The van der Waals surface area contributed by atoms with E-state index in [1.54, 1.807) is 0 Å². The summed E-state index contributed by atoms with van der Waals surface area (Å²) in [5, 5.41) is 0. The molecule has 190 valence electrons. The van der Waals surface area contributed by atoms with Crippen LogP contribution in [0.25, 0.3) is 0 Å². The molecule has 2 saturated carbocycles. The molecule has 2 aliphatic carbocycles. The lowest BCUT2D eigenvalue weighted by molar-refractivity contribution is -0.0543. The van der Waals surface area contributed by atoms with Crippen LogP contribution in [0, 0.1) is 11.8 Å². The molecule has 0 radical (unpaired) electrons. The summed E-state index contributed by atoms with van der Waals surface area (Å²) >= 11 is 0. The van der Waals surface area contributed by atoms with Crippen molar-refractivity contribution < 1.29 is 19.0 Å². The average molecular weight is 479 g/mol. The maximum Gasteiger partial charge on any atom is 0.338 e. The Morgan fingerprint density at radius 2 is 1.26 bits per heavy atom. The van der Waals surface area contributed by atoms with Gasteiger partial charge in [-0.25, -0.2) is 4.79 Å². The lowest BCUT2D eigenvalue weighted by Crippen LogP contribution is -2.21. The zero-order valence-corrected chi connectivity index (χ0v) is 21.7. The van der Waals surface area contributed by atoms with E-state index in [1.807, 2.05) is 31.2 Å². The van der Waals surface area contributed by atoms with Crippen molar-refractivity contribution in [3.05, 3.63) is 65.2 Å². The Morgan fingerprint density at radius 3 is 1.77 bits per heavy atom. The van der Waals surface area contributed by atoms with Crippen LogP contribution in [0.4, 0.5) is 0 Å². The summed E-state index contributed by atoms with van der Waals surface area (Å²) in [6, 6.07) is 16.4. The van der Waals surface area contributed by atoms with Crippen molar-refractivity contribution in [3.8, 4) is 5.75 Å². The van der Waals surface area contributed by atoms with Gasteiger partial charge in [0, 0.05) is 0 Å². The maximum atomic E-state index is 12.4. The molecule has 2 aromatic carbocycles. The Morgan fingerprint density at radius 1 is 0.771 bits per heavy atom. The molecular formula is C31H42O4. The third-order valence-electron chi connectivity index (χ3n) is 8.03. The predicted octanol–water partition coefficient (Wildman–Crippen LogP) is 7.87. The van der Waals surface area contributed by atoms with E-state index in [9.17, 15) is 4.79 Å². The molecule has 0 N–H and O–H groups in total. The number of esters is 1. The van der Waals surface area contributed by atoms with Crippen LogP contribution in [0.5, 0.6) is 5.75 Å². The molecule has 0 spiro atoms. The molecule has 4 heteroatoms. The second-order valence-electron chi connectivity index (χ2n) is 10.9. The van der Waals surface area contributed by atoms with Crippen LogP contribution in [0.15, 0.2) is 48.5 Å². The zero-order valence-electron chi connectivity index (χ0n) is 21.7. The first-order valence-electron chi connectivity index (χ1n) is 13.6. The van der Waals surface area contributed by atoms with Crippen molar-refractivity contribution in [2.75, 3.05) is 13.4 Å². The largest absolute Gasteiger partial charge is 0.468 e. The Hall–Kier alpha value is -2.33. The molecule has 0 heterocycles. The molecule has 0 bridgehead atoms. The topological polar surface area (TPSA) is 44.8 Å². The predicted molar refractivity (Wildman–Crippen MR) is 140 cm³/mol. The van der Waals surface area contributed by atoms with Crippen molar-refractivity contribution in [1.82, 2.24) is 0 Å². The van der Waals surface area contributed by atoms with Gasteiger partial charge in [0.1, 0.15) is 12.4 Å². The molecule has 1 atom stereocenters. The van der Waals surface area contributed by atoms with E-state index < -0.39 is 0 Å². The summed E-state index contributed by atoms with van der Waals surface area (Å²) < 4.78 is 16.9. The summed E-state index contributed by atoms with van der Waals surface area (Å²) in [5.41, 5.74) is 3.34. The van der Waals surface area contributed by atoms with Gasteiger partial charge in [0.25, 0.3) is 0 Å². The first-order valence-corrected chi connectivity index (χ1v) is 13.6. The molecule has 4 nitrogen and oxygen atoms in total. The Labute approximate surface area is 211 Å². The van der Waals surface area contributed by atoms with E-state index in [0.29, 0.717) is 17.4 Å². The molecule has 0 aromatic heterocycles. The SMILES string of the molecule is CC1CCC(c2ccc(OCOC(C)COC(=O)c3ccc(C4CCC(C)CC4)cc3)cc2)CC1. The number of carbonyl (C=O) groups is 1. The van der Waals surface area contributed by atoms with Crippen molar-refractivity contribution in [1.29, 1.82) is 0 Å². The number of benzene rings is 2. The van der Waals surface area contributed by atoms with Crippen LogP contribution >= 0.6 is 0 Å².